The van der Waals surface area contributed by atoms with Crippen LogP contribution >= 0.6 is 0 Å². The second-order valence-corrected chi connectivity index (χ2v) is 8.11. The van der Waals surface area contributed by atoms with Gasteiger partial charge in [0.15, 0.2) is 0 Å². The predicted molar refractivity (Wildman–Crippen MR) is 130 cm³/mol. The van der Waals surface area contributed by atoms with Gasteiger partial charge in [0.25, 0.3) is 0 Å². The zero-order valence-electron chi connectivity index (χ0n) is 17.9. The number of aryl methyl sites for hydroxylation is 3. The summed E-state index contributed by atoms with van der Waals surface area (Å²) in [7, 11) is 1.07. The number of rotatable bonds is 2. The molecule has 5 heteroatoms. The molecule has 3 aromatic rings. The topological polar surface area (TPSA) is 57.4 Å². The van der Waals surface area contributed by atoms with Gasteiger partial charge in [-0.2, -0.15) is 0 Å². The molecule has 5 heterocycles. The Labute approximate surface area is 177 Å². The van der Waals surface area contributed by atoms with E-state index in [0.29, 0.717) is 0 Å². The van der Waals surface area contributed by atoms with Crippen LogP contribution in [0.25, 0.3) is 46.4 Å². The van der Waals surface area contributed by atoms with E-state index in [2.05, 4.69) is 86.1 Å². The predicted octanol–water partition coefficient (Wildman–Crippen LogP) is 5.57. The van der Waals surface area contributed by atoms with E-state index in [0.717, 1.165) is 75.1 Å². The molecular formula is C25H25BN4. The van der Waals surface area contributed by atoms with Crippen LogP contribution in [0.2, 0.25) is 6.82 Å². The van der Waals surface area contributed by atoms with Gasteiger partial charge in [-0.3, -0.25) is 0 Å². The second kappa shape index (κ2) is 7.17. The number of nitrogens with zero attached hydrogens (tertiary/aromatic N) is 2. The summed E-state index contributed by atoms with van der Waals surface area (Å²) < 4.78 is 0. The quantitative estimate of drug-likeness (QED) is 0.386. The maximum absolute atomic E-state index is 5.00. The van der Waals surface area contributed by atoms with Gasteiger partial charge < -0.3 is 9.97 Å². The van der Waals surface area contributed by atoms with E-state index in [9.17, 15) is 0 Å². The van der Waals surface area contributed by atoms with Crippen LogP contribution < -0.4 is 0 Å². The van der Waals surface area contributed by atoms with Crippen molar-refractivity contribution in [1.82, 2.24) is 19.9 Å². The smallest absolute Gasteiger partial charge is 0.122 e. The molecule has 0 aliphatic carbocycles. The van der Waals surface area contributed by atoms with Gasteiger partial charge in [-0.25, -0.2) is 9.97 Å². The van der Waals surface area contributed by atoms with E-state index in [1.165, 1.54) is 5.56 Å². The molecule has 3 aromatic heterocycles. The molecule has 148 valence electrons. The van der Waals surface area contributed by atoms with Crippen LogP contribution in [0, 0.1) is 20.8 Å². The lowest BCUT2D eigenvalue weighted by Gasteiger charge is -2.00. The van der Waals surface area contributed by atoms with E-state index in [-0.39, 0.29) is 0 Å². The van der Waals surface area contributed by atoms with Crippen molar-refractivity contribution < 1.29 is 0 Å². The fourth-order valence-electron chi connectivity index (χ4n) is 4.21. The molecule has 0 spiro atoms. The van der Waals surface area contributed by atoms with Crippen LogP contribution in [0.5, 0.6) is 0 Å². The molecule has 30 heavy (non-hydrogen) atoms. The van der Waals surface area contributed by atoms with Crippen LogP contribution in [0.4, 0.5) is 0 Å². The summed E-state index contributed by atoms with van der Waals surface area (Å²) in [6.45, 7) is 8.59. The van der Waals surface area contributed by atoms with Gasteiger partial charge in [0.1, 0.15) is 7.28 Å². The molecule has 0 saturated heterocycles. The number of aromatic nitrogens is 4. The molecule has 0 atom stereocenters. The monoisotopic (exact) mass is 392 g/mol. The molecule has 0 aromatic carbocycles. The van der Waals surface area contributed by atoms with Crippen LogP contribution in [0.15, 0.2) is 24.3 Å². The maximum Gasteiger partial charge on any atom is 0.122 e. The molecule has 0 unspecified atom stereocenters. The van der Waals surface area contributed by atoms with Crippen molar-refractivity contribution >= 4 is 53.7 Å². The van der Waals surface area contributed by atoms with Crippen LogP contribution in [-0.2, 0) is 6.32 Å². The van der Waals surface area contributed by atoms with Gasteiger partial charge in [0, 0.05) is 22.1 Å². The number of nitrogens with one attached hydrogen (secondary N) is 2. The lowest BCUT2D eigenvalue weighted by molar-refractivity contribution is 1.22. The number of fused-ring (bicyclic) bond motifs is 8. The van der Waals surface area contributed by atoms with Crippen molar-refractivity contribution in [2.75, 3.05) is 0 Å². The highest BCUT2D eigenvalue weighted by Gasteiger charge is 2.12. The Morgan fingerprint density at radius 2 is 1.03 bits per heavy atom. The second-order valence-electron chi connectivity index (χ2n) is 8.11. The molecule has 4 nitrogen and oxygen atoms in total. The minimum Gasteiger partial charge on any atom is -0.355 e. The van der Waals surface area contributed by atoms with Crippen molar-refractivity contribution in [2.45, 2.75) is 33.9 Å². The molecule has 2 aliphatic rings. The third-order valence-corrected chi connectivity index (χ3v) is 6.15. The number of hydrogen-bond donors (Lipinski definition) is 2. The van der Waals surface area contributed by atoms with Crippen molar-refractivity contribution in [1.29, 1.82) is 0 Å². The first-order chi connectivity index (χ1) is 14.5. The Bertz CT molecular complexity index is 1390. The van der Waals surface area contributed by atoms with E-state index < -0.39 is 0 Å². The lowest BCUT2D eigenvalue weighted by Crippen LogP contribution is -1.96. The average Bonchev–Trinajstić information content (AvgIpc) is 3.56. The molecule has 0 amide bonds. The Balaban J connectivity index is 1.95. The summed E-state index contributed by atoms with van der Waals surface area (Å²) in [4.78, 5) is 17.1. The average molecular weight is 392 g/mol. The molecule has 8 bridgehead atoms. The number of aromatic amines is 2. The van der Waals surface area contributed by atoms with Gasteiger partial charge in [-0.15, -0.1) is 0 Å². The molecular weight excluding hydrogens is 367 g/mol. The normalized spacial score (nSPS) is 12.5. The summed E-state index contributed by atoms with van der Waals surface area (Å²) >= 11 is 0. The summed E-state index contributed by atoms with van der Waals surface area (Å²) in [6, 6.07) is 8.59. The van der Waals surface area contributed by atoms with Crippen molar-refractivity contribution in [3.05, 3.63) is 69.3 Å². The highest BCUT2D eigenvalue weighted by atomic mass is 14.8. The van der Waals surface area contributed by atoms with E-state index >= 15 is 0 Å². The van der Waals surface area contributed by atoms with Gasteiger partial charge in [0.05, 0.1) is 22.8 Å². The van der Waals surface area contributed by atoms with E-state index in [1.807, 2.05) is 0 Å². The minimum atomic E-state index is 0.980. The Morgan fingerprint density at radius 1 is 0.633 bits per heavy atom. The Kier molecular flexibility index (Phi) is 4.46. The minimum absolute atomic E-state index is 0.980. The summed E-state index contributed by atoms with van der Waals surface area (Å²) in [5, 5.41) is 0. The zero-order chi connectivity index (χ0) is 20.8. The van der Waals surface area contributed by atoms with Crippen molar-refractivity contribution in [3.63, 3.8) is 0 Å². The SMILES string of the molecule is CBCc1c2nc(c(C)c3ccc([nH]3)c(C)c3nc(c(C)c4ccc1[nH]4)C=C3)C=C2. The van der Waals surface area contributed by atoms with Gasteiger partial charge >= 0.3 is 0 Å². The fourth-order valence-corrected chi connectivity index (χ4v) is 4.21. The zero-order valence-corrected chi connectivity index (χ0v) is 17.9. The Hall–Kier alpha value is -3.34. The highest BCUT2D eigenvalue weighted by Crippen LogP contribution is 2.26. The third kappa shape index (κ3) is 3.02. The van der Waals surface area contributed by atoms with Crippen molar-refractivity contribution in [2.24, 2.45) is 0 Å². The highest BCUT2D eigenvalue weighted by molar-refractivity contribution is 6.33. The molecule has 2 aliphatic heterocycles. The standard InChI is InChI=1S/C25H25BN4/c1-14-18-5-7-20(27-18)15(2)22-9-11-24(29-22)17(13-26-4)25-12-10-23(30-25)16(3)21-8-6-19(14)28-21/h5-12,26-27,30H,13H2,1-4H3. The molecule has 0 radical (unpaired) electrons. The first-order valence-electron chi connectivity index (χ1n) is 10.6. The lowest BCUT2D eigenvalue weighted by atomic mass is 9.74. The molecule has 2 N–H and O–H groups in total. The first kappa shape index (κ1) is 18.7. The van der Waals surface area contributed by atoms with E-state index in [4.69, 9.17) is 9.97 Å². The van der Waals surface area contributed by atoms with Gasteiger partial charge in [-0.1, -0.05) is 6.82 Å². The fraction of sp³-hybridized carbons (Fsp3) is 0.200. The van der Waals surface area contributed by atoms with Crippen LogP contribution in [0.3, 0.4) is 0 Å². The van der Waals surface area contributed by atoms with Crippen molar-refractivity contribution in [3.8, 4) is 0 Å². The van der Waals surface area contributed by atoms with Crippen LogP contribution in [-0.4, -0.2) is 27.2 Å². The third-order valence-electron chi connectivity index (χ3n) is 6.15. The Morgan fingerprint density at radius 3 is 1.53 bits per heavy atom. The molecule has 0 fully saturated rings. The largest absolute Gasteiger partial charge is 0.355 e. The number of H-pyrrole nitrogens is 2. The van der Waals surface area contributed by atoms with E-state index in [1.54, 1.807) is 0 Å². The summed E-state index contributed by atoms with van der Waals surface area (Å²) in [6.07, 6.45) is 9.46. The number of hydrogen-bond acceptors (Lipinski definition) is 2. The first-order valence-corrected chi connectivity index (χ1v) is 10.6. The summed E-state index contributed by atoms with van der Waals surface area (Å²) in [5.74, 6) is 0. The molecule has 5 rings (SSSR count). The summed E-state index contributed by atoms with van der Waals surface area (Å²) in [5.41, 5.74) is 13.2. The van der Waals surface area contributed by atoms with Crippen LogP contribution in [0.1, 0.15) is 45.0 Å². The van der Waals surface area contributed by atoms with Gasteiger partial charge in [-0.05, 0) is 97.9 Å². The maximum atomic E-state index is 5.00. The van der Waals surface area contributed by atoms with Gasteiger partial charge in [0.2, 0.25) is 0 Å². The molecule has 0 saturated carbocycles.